The monoisotopic (exact) mass is 275 g/mol. The molecular formula is C17H25NO2. The molecule has 0 N–H and O–H groups in total. The van der Waals surface area contributed by atoms with Crippen molar-refractivity contribution in [1.29, 1.82) is 0 Å². The minimum absolute atomic E-state index is 0.0668. The van der Waals surface area contributed by atoms with E-state index in [-0.39, 0.29) is 11.4 Å². The van der Waals surface area contributed by atoms with E-state index in [1.165, 1.54) is 19.3 Å². The van der Waals surface area contributed by atoms with Gasteiger partial charge in [-0.15, -0.1) is 6.58 Å². The van der Waals surface area contributed by atoms with Gasteiger partial charge in [-0.25, -0.2) is 0 Å². The lowest BCUT2D eigenvalue weighted by atomic mass is 9.76. The predicted molar refractivity (Wildman–Crippen MR) is 80.2 cm³/mol. The largest absolute Gasteiger partial charge is 0.467 e. The lowest BCUT2D eigenvalue weighted by Crippen LogP contribution is -2.51. The summed E-state index contributed by atoms with van der Waals surface area (Å²) < 4.78 is 5.44. The van der Waals surface area contributed by atoms with Crippen LogP contribution in [0.15, 0.2) is 35.0 Å². The molecule has 1 aliphatic rings. The number of hydrogen-bond donors (Lipinski definition) is 0. The van der Waals surface area contributed by atoms with Gasteiger partial charge in [0.05, 0.1) is 12.8 Å². The molecule has 1 fully saturated rings. The van der Waals surface area contributed by atoms with Gasteiger partial charge in [-0.3, -0.25) is 4.79 Å². The second-order valence-corrected chi connectivity index (χ2v) is 6.10. The third-order valence-corrected chi connectivity index (χ3v) is 4.26. The van der Waals surface area contributed by atoms with Gasteiger partial charge in [0, 0.05) is 12.5 Å². The maximum Gasteiger partial charge on any atom is 0.220 e. The molecule has 1 amide bonds. The summed E-state index contributed by atoms with van der Waals surface area (Å²) in [5.41, 5.74) is 1.08. The molecule has 0 spiro atoms. The summed E-state index contributed by atoms with van der Waals surface area (Å²) >= 11 is 0. The Labute approximate surface area is 121 Å². The van der Waals surface area contributed by atoms with Crippen molar-refractivity contribution in [2.24, 2.45) is 0 Å². The molecule has 0 bridgehead atoms. The first kappa shape index (κ1) is 14.9. The van der Waals surface area contributed by atoms with Crippen LogP contribution in [0.25, 0.3) is 0 Å². The molecule has 0 unspecified atom stereocenters. The van der Waals surface area contributed by atoms with Crippen molar-refractivity contribution < 1.29 is 9.21 Å². The molecule has 3 heteroatoms. The smallest absolute Gasteiger partial charge is 0.220 e. The fourth-order valence-electron chi connectivity index (χ4n) is 3.49. The predicted octanol–water partition coefficient (Wildman–Crippen LogP) is 4.30. The van der Waals surface area contributed by atoms with E-state index < -0.39 is 0 Å². The highest BCUT2D eigenvalue weighted by Gasteiger charge is 2.39. The van der Waals surface area contributed by atoms with Crippen LogP contribution in [0.3, 0.4) is 0 Å². The lowest BCUT2D eigenvalue weighted by molar-refractivity contribution is -0.138. The van der Waals surface area contributed by atoms with Crippen LogP contribution in [0.2, 0.25) is 0 Å². The summed E-state index contributed by atoms with van der Waals surface area (Å²) in [5.74, 6) is 0.983. The number of carbonyl (C=O) groups excluding carboxylic acids is 1. The van der Waals surface area contributed by atoms with E-state index in [4.69, 9.17) is 4.42 Å². The van der Waals surface area contributed by atoms with E-state index in [1.54, 1.807) is 13.2 Å². The fourth-order valence-corrected chi connectivity index (χ4v) is 3.49. The summed E-state index contributed by atoms with van der Waals surface area (Å²) in [4.78, 5) is 14.2. The molecule has 110 valence electrons. The Morgan fingerprint density at radius 1 is 1.35 bits per heavy atom. The molecule has 1 heterocycles. The topological polar surface area (TPSA) is 33.5 Å². The van der Waals surface area contributed by atoms with Gasteiger partial charge in [0.15, 0.2) is 0 Å². The van der Waals surface area contributed by atoms with E-state index in [2.05, 4.69) is 13.5 Å². The number of rotatable bonds is 5. The van der Waals surface area contributed by atoms with Crippen LogP contribution in [-0.2, 0) is 11.3 Å². The molecular weight excluding hydrogens is 250 g/mol. The number of amides is 1. The summed E-state index contributed by atoms with van der Waals surface area (Å²) in [7, 11) is 0. The molecule has 1 aliphatic carbocycles. The molecule has 0 radical (unpaired) electrons. The second-order valence-electron chi connectivity index (χ2n) is 6.10. The second kappa shape index (κ2) is 6.29. The first-order valence-electron chi connectivity index (χ1n) is 7.48. The summed E-state index contributed by atoms with van der Waals surface area (Å²) in [6, 6.07) is 3.81. The Kier molecular flexibility index (Phi) is 4.69. The third-order valence-electron chi connectivity index (χ3n) is 4.26. The Hall–Kier alpha value is -1.51. The molecule has 1 aromatic rings. The van der Waals surface area contributed by atoms with Crippen molar-refractivity contribution in [3.05, 3.63) is 36.3 Å². The minimum Gasteiger partial charge on any atom is -0.467 e. The summed E-state index contributed by atoms with van der Waals surface area (Å²) in [6.07, 6.45) is 8.35. The SMILES string of the molecule is C=C(C)CC1(N(Cc2ccco2)C(C)=O)CCCCC1. The van der Waals surface area contributed by atoms with Crippen LogP contribution < -0.4 is 0 Å². The minimum atomic E-state index is -0.0668. The zero-order chi connectivity index (χ0) is 14.6. The molecule has 2 rings (SSSR count). The molecule has 20 heavy (non-hydrogen) atoms. The summed E-state index contributed by atoms with van der Waals surface area (Å²) in [6.45, 7) is 8.36. The molecule has 0 atom stereocenters. The van der Waals surface area contributed by atoms with Gasteiger partial charge in [0.1, 0.15) is 5.76 Å². The van der Waals surface area contributed by atoms with Crippen LogP contribution in [0.5, 0.6) is 0 Å². The zero-order valence-corrected chi connectivity index (χ0v) is 12.7. The lowest BCUT2D eigenvalue weighted by Gasteiger charge is -2.46. The highest BCUT2D eigenvalue weighted by Crippen LogP contribution is 2.39. The Morgan fingerprint density at radius 3 is 2.55 bits per heavy atom. The van der Waals surface area contributed by atoms with Crippen molar-refractivity contribution in [3.63, 3.8) is 0 Å². The van der Waals surface area contributed by atoms with Crippen molar-refractivity contribution in [1.82, 2.24) is 4.90 Å². The van der Waals surface area contributed by atoms with Crippen LogP contribution in [0.1, 0.15) is 58.1 Å². The quantitative estimate of drug-likeness (QED) is 0.751. The number of carbonyl (C=O) groups is 1. The first-order valence-corrected chi connectivity index (χ1v) is 7.48. The molecule has 0 aliphatic heterocycles. The van der Waals surface area contributed by atoms with Gasteiger partial charge >= 0.3 is 0 Å². The van der Waals surface area contributed by atoms with Gasteiger partial charge in [-0.1, -0.05) is 24.8 Å². The van der Waals surface area contributed by atoms with Crippen LogP contribution >= 0.6 is 0 Å². The molecule has 1 aromatic heterocycles. The van der Waals surface area contributed by atoms with Gasteiger partial charge in [0.2, 0.25) is 5.91 Å². The van der Waals surface area contributed by atoms with Crippen LogP contribution in [0.4, 0.5) is 0 Å². The maximum atomic E-state index is 12.2. The highest BCUT2D eigenvalue weighted by atomic mass is 16.3. The van der Waals surface area contributed by atoms with E-state index in [0.29, 0.717) is 6.54 Å². The Bertz CT molecular complexity index is 455. The van der Waals surface area contributed by atoms with E-state index >= 15 is 0 Å². The molecule has 1 saturated carbocycles. The average molecular weight is 275 g/mol. The standard InChI is InChI=1S/C17H25NO2/c1-14(2)12-17(9-5-4-6-10-17)18(15(3)19)13-16-8-7-11-20-16/h7-8,11H,1,4-6,9-10,12-13H2,2-3H3. The van der Waals surface area contributed by atoms with Crippen molar-refractivity contribution in [2.45, 2.75) is 64.5 Å². The van der Waals surface area contributed by atoms with Crippen molar-refractivity contribution >= 4 is 5.91 Å². The van der Waals surface area contributed by atoms with Gasteiger partial charge < -0.3 is 9.32 Å². The third kappa shape index (κ3) is 3.33. The van der Waals surface area contributed by atoms with Crippen molar-refractivity contribution in [2.75, 3.05) is 0 Å². The first-order chi connectivity index (χ1) is 9.53. The fraction of sp³-hybridized carbons (Fsp3) is 0.588. The summed E-state index contributed by atoms with van der Waals surface area (Å²) in [5, 5.41) is 0. The highest BCUT2D eigenvalue weighted by molar-refractivity contribution is 5.74. The average Bonchev–Trinajstić information content (AvgIpc) is 2.88. The number of nitrogens with zero attached hydrogens (tertiary/aromatic N) is 1. The number of hydrogen-bond acceptors (Lipinski definition) is 2. The van der Waals surface area contributed by atoms with E-state index in [0.717, 1.165) is 30.6 Å². The van der Waals surface area contributed by atoms with Gasteiger partial charge in [0.25, 0.3) is 0 Å². The normalized spacial score (nSPS) is 17.7. The van der Waals surface area contributed by atoms with Crippen molar-refractivity contribution in [3.8, 4) is 0 Å². The van der Waals surface area contributed by atoms with E-state index in [9.17, 15) is 4.79 Å². The van der Waals surface area contributed by atoms with Gasteiger partial charge in [-0.05, 0) is 38.3 Å². The molecule has 0 aromatic carbocycles. The van der Waals surface area contributed by atoms with Crippen LogP contribution in [0, 0.1) is 0 Å². The zero-order valence-electron chi connectivity index (χ0n) is 12.7. The van der Waals surface area contributed by atoms with Gasteiger partial charge in [-0.2, -0.15) is 0 Å². The Balaban J connectivity index is 2.26. The molecule has 3 nitrogen and oxygen atoms in total. The number of furan rings is 1. The maximum absolute atomic E-state index is 12.2. The molecule has 0 saturated heterocycles. The van der Waals surface area contributed by atoms with E-state index in [1.807, 2.05) is 17.0 Å². The van der Waals surface area contributed by atoms with Crippen LogP contribution in [-0.4, -0.2) is 16.3 Å². The Morgan fingerprint density at radius 2 is 2.05 bits per heavy atom.